The van der Waals surface area contributed by atoms with E-state index in [4.69, 9.17) is 0 Å². The third kappa shape index (κ3) is 5.63. The summed E-state index contributed by atoms with van der Waals surface area (Å²) in [5.74, 6) is 1.09. The first-order chi connectivity index (χ1) is 14.4. The zero-order chi connectivity index (χ0) is 21.7. The van der Waals surface area contributed by atoms with Gasteiger partial charge in [0, 0.05) is 17.9 Å². The van der Waals surface area contributed by atoms with Gasteiger partial charge in [-0.1, -0.05) is 35.5 Å². The van der Waals surface area contributed by atoms with Crippen LogP contribution in [0.2, 0.25) is 0 Å². The predicted octanol–water partition coefficient (Wildman–Crippen LogP) is 4.87. The van der Waals surface area contributed by atoms with Gasteiger partial charge in [0.25, 0.3) is 0 Å². The molecule has 0 bridgehead atoms. The molecule has 6 nitrogen and oxygen atoms in total. The predicted molar refractivity (Wildman–Crippen MR) is 124 cm³/mol. The molecule has 0 aliphatic carbocycles. The highest BCUT2D eigenvalue weighted by molar-refractivity contribution is 7.99. The second-order valence-electron chi connectivity index (χ2n) is 7.53. The minimum Gasteiger partial charge on any atom is -0.378 e. The van der Waals surface area contributed by atoms with Crippen LogP contribution in [0.25, 0.3) is 0 Å². The molecule has 2 aromatic carbocycles. The zero-order valence-corrected chi connectivity index (χ0v) is 19.1. The first-order valence-corrected chi connectivity index (χ1v) is 11.1. The molecule has 0 radical (unpaired) electrons. The van der Waals surface area contributed by atoms with Crippen LogP contribution >= 0.6 is 11.8 Å². The summed E-state index contributed by atoms with van der Waals surface area (Å²) in [5, 5.41) is 15.8. The zero-order valence-electron chi connectivity index (χ0n) is 18.2. The van der Waals surface area contributed by atoms with Crippen molar-refractivity contribution in [2.75, 3.05) is 16.4 Å². The number of hydrogen-bond acceptors (Lipinski definition) is 5. The van der Waals surface area contributed by atoms with Gasteiger partial charge in [0.15, 0.2) is 11.0 Å². The Morgan fingerprint density at radius 3 is 2.40 bits per heavy atom. The molecule has 2 N–H and O–H groups in total. The lowest BCUT2D eigenvalue weighted by molar-refractivity contribution is -0.113. The number of carbonyl (C=O) groups is 1. The van der Waals surface area contributed by atoms with E-state index in [1.165, 1.54) is 22.9 Å². The Labute approximate surface area is 182 Å². The van der Waals surface area contributed by atoms with Crippen LogP contribution in [0.1, 0.15) is 35.0 Å². The van der Waals surface area contributed by atoms with Gasteiger partial charge in [-0.3, -0.25) is 4.79 Å². The SMILES string of the molecule is CCn1c(CNc2ccc(C)cc2C)nnc1SCC(=O)Nc1cc(C)cc(C)c1. The number of anilines is 2. The summed E-state index contributed by atoms with van der Waals surface area (Å²) in [7, 11) is 0. The van der Waals surface area contributed by atoms with Gasteiger partial charge in [0.05, 0.1) is 12.3 Å². The average Bonchev–Trinajstić information content (AvgIpc) is 3.06. The number of benzene rings is 2. The molecule has 1 heterocycles. The number of nitrogens with zero attached hydrogens (tertiary/aromatic N) is 3. The lowest BCUT2D eigenvalue weighted by Crippen LogP contribution is -2.15. The van der Waals surface area contributed by atoms with Crippen molar-refractivity contribution in [1.29, 1.82) is 0 Å². The third-order valence-electron chi connectivity index (χ3n) is 4.77. The van der Waals surface area contributed by atoms with Crippen molar-refractivity contribution in [2.45, 2.75) is 52.9 Å². The summed E-state index contributed by atoms with van der Waals surface area (Å²) in [6, 6.07) is 12.4. The highest BCUT2D eigenvalue weighted by Gasteiger charge is 2.14. The molecule has 1 aromatic heterocycles. The van der Waals surface area contributed by atoms with Crippen LogP contribution in [-0.4, -0.2) is 26.4 Å². The molecule has 7 heteroatoms. The van der Waals surface area contributed by atoms with Crippen molar-refractivity contribution in [1.82, 2.24) is 14.8 Å². The average molecular weight is 424 g/mol. The fourth-order valence-corrected chi connectivity index (χ4v) is 4.26. The number of thioether (sulfide) groups is 1. The van der Waals surface area contributed by atoms with E-state index in [1.54, 1.807) is 0 Å². The molecule has 3 rings (SSSR count). The molecular weight excluding hydrogens is 394 g/mol. The van der Waals surface area contributed by atoms with E-state index in [9.17, 15) is 4.79 Å². The number of rotatable bonds is 8. The van der Waals surface area contributed by atoms with Crippen LogP contribution in [0.4, 0.5) is 11.4 Å². The molecule has 3 aromatic rings. The van der Waals surface area contributed by atoms with Crippen molar-refractivity contribution >= 4 is 29.0 Å². The van der Waals surface area contributed by atoms with Crippen LogP contribution in [-0.2, 0) is 17.9 Å². The molecule has 0 spiro atoms. The molecule has 30 heavy (non-hydrogen) atoms. The number of carbonyl (C=O) groups excluding carboxylic acids is 1. The van der Waals surface area contributed by atoms with Crippen molar-refractivity contribution < 1.29 is 4.79 Å². The second-order valence-corrected chi connectivity index (χ2v) is 8.47. The third-order valence-corrected chi connectivity index (χ3v) is 5.73. The normalized spacial score (nSPS) is 10.8. The van der Waals surface area contributed by atoms with Crippen molar-refractivity contribution in [3.05, 3.63) is 64.5 Å². The molecule has 0 atom stereocenters. The van der Waals surface area contributed by atoms with Gasteiger partial charge < -0.3 is 15.2 Å². The van der Waals surface area contributed by atoms with E-state index in [-0.39, 0.29) is 11.7 Å². The molecule has 0 unspecified atom stereocenters. The maximum absolute atomic E-state index is 12.4. The quantitative estimate of drug-likeness (QED) is 0.506. The molecule has 158 valence electrons. The summed E-state index contributed by atoms with van der Waals surface area (Å²) < 4.78 is 2.05. The lowest BCUT2D eigenvalue weighted by atomic mass is 10.1. The van der Waals surface area contributed by atoms with Crippen LogP contribution in [0, 0.1) is 27.7 Å². The van der Waals surface area contributed by atoms with Gasteiger partial charge >= 0.3 is 0 Å². The van der Waals surface area contributed by atoms with E-state index in [1.807, 2.05) is 30.5 Å². The monoisotopic (exact) mass is 423 g/mol. The van der Waals surface area contributed by atoms with Gasteiger partial charge in [0.1, 0.15) is 0 Å². The Morgan fingerprint density at radius 1 is 1.00 bits per heavy atom. The van der Waals surface area contributed by atoms with Crippen LogP contribution < -0.4 is 10.6 Å². The Bertz CT molecular complexity index is 1020. The largest absolute Gasteiger partial charge is 0.378 e. The number of aryl methyl sites for hydroxylation is 4. The Kier molecular flexibility index (Phi) is 7.15. The van der Waals surface area contributed by atoms with Gasteiger partial charge in [-0.05, 0) is 69.5 Å². The first-order valence-electron chi connectivity index (χ1n) is 10.1. The number of aromatic nitrogens is 3. The van der Waals surface area contributed by atoms with E-state index in [2.05, 4.69) is 65.9 Å². The number of nitrogens with one attached hydrogen (secondary N) is 2. The molecule has 0 saturated heterocycles. The van der Waals surface area contributed by atoms with Crippen LogP contribution in [0.15, 0.2) is 41.6 Å². The van der Waals surface area contributed by atoms with Crippen molar-refractivity contribution in [2.24, 2.45) is 0 Å². The molecular formula is C23H29N5OS. The van der Waals surface area contributed by atoms with Crippen LogP contribution in [0.5, 0.6) is 0 Å². The van der Waals surface area contributed by atoms with E-state index in [0.717, 1.165) is 40.0 Å². The molecule has 0 aliphatic heterocycles. The smallest absolute Gasteiger partial charge is 0.234 e. The second kappa shape index (κ2) is 9.80. The fourth-order valence-electron chi connectivity index (χ4n) is 3.43. The number of hydrogen-bond donors (Lipinski definition) is 2. The molecule has 1 amide bonds. The highest BCUT2D eigenvalue weighted by Crippen LogP contribution is 2.21. The Balaban J connectivity index is 1.60. The van der Waals surface area contributed by atoms with Crippen LogP contribution in [0.3, 0.4) is 0 Å². The Hall–Kier alpha value is -2.80. The number of amides is 1. The van der Waals surface area contributed by atoms with Gasteiger partial charge in [-0.2, -0.15) is 0 Å². The van der Waals surface area contributed by atoms with Gasteiger partial charge in [-0.25, -0.2) is 0 Å². The lowest BCUT2D eigenvalue weighted by Gasteiger charge is -2.11. The summed E-state index contributed by atoms with van der Waals surface area (Å²) >= 11 is 1.40. The topological polar surface area (TPSA) is 71.8 Å². The minimum atomic E-state index is -0.0504. The van der Waals surface area contributed by atoms with Crippen molar-refractivity contribution in [3.63, 3.8) is 0 Å². The standard InChI is InChI=1S/C23H29N5OS/c1-6-28-21(13-24-20-8-7-15(2)10-18(20)5)26-27-23(28)30-14-22(29)25-19-11-16(3)9-17(4)12-19/h7-12,24H,6,13-14H2,1-5H3,(H,25,29). The molecule has 0 saturated carbocycles. The molecule has 0 fully saturated rings. The van der Waals surface area contributed by atoms with E-state index < -0.39 is 0 Å². The summed E-state index contributed by atoms with van der Waals surface area (Å²) in [4.78, 5) is 12.4. The van der Waals surface area contributed by atoms with Crippen molar-refractivity contribution in [3.8, 4) is 0 Å². The summed E-state index contributed by atoms with van der Waals surface area (Å²) in [6.07, 6.45) is 0. The summed E-state index contributed by atoms with van der Waals surface area (Å²) in [6.45, 7) is 11.6. The van der Waals surface area contributed by atoms with Gasteiger partial charge in [0.2, 0.25) is 5.91 Å². The minimum absolute atomic E-state index is 0.0504. The van der Waals surface area contributed by atoms with E-state index >= 15 is 0 Å². The maximum atomic E-state index is 12.4. The van der Waals surface area contributed by atoms with E-state index in [0.29, 0.717) is 6.54 Å². The fraction of sp³-hybridized carbons (Fsp3) is 0.348. The molecule has 0 aliphatic rings. The Morgan fingerprint density at radius 2 is 1.73 bits per heavy atom. The maximum Gasteiger partial charge on any atom is 0.234 e. The first kappa shape index (κ1) is 21.9. The highest BCUT2D eigenvalue weighted by atomic mass is 32.2. The van der Waals surface area contributed by atoms with Gasteiger partial charge in [-0.15, -0.1) is 10.2 Å². The summed E-state index contributed by atoms with van der Waals surface area (Å²) in [5.41, 5.74) is 6.62.